The van der Waals surface area contributed by atoms with Crippen molar-refractivity contribution in [2.45, 2.75) is 36.6 Å². The van der Waals surface area contributed by atoms with Crippen molar-refractivity contribution in [2.24, 2.45) is 0 Å². The van der Waals surface area contributed by atoms with E-state index in [1.54, 1.807) is 0 Å². The molecule has 0 bridgehead atoms. The quantitative estimate of drug-likeness (QED) is 0.509. The van der Waals surface area contributed by atoms with Crippen LogP contribution in [0.5, 0.6) is 0 Å². The molecule has 0 saturated heterocycles. The summed E-state index contributed by atoms with van der Waals surface area (Å²) in [5, 5.41) is 13.2. The van der Waals surface area contributed by atoms with Gasteiger partial charge in [-0.3, -0.25) is 14.9 Å². The molecule has 21 heavy (non-hydrogen) atoms. The average molecular weight is 363 g/mol. The van der Waals surface area contributed by atoms with Crippen LogP contribution in [0.2, 0.25) is 0 Å². The zero-order valence-corrected chi connectivity index (χ0v) is 12.5. The van der Waals surface area contributed by atoms with Crippen LogP contribution in [0.1, 0.15) is 36.0 Å². The van der Waals surface area contributed by atoms with Gasteiger partial charge in [0.05, 0.1) is 4.92 Å². The first kappa shape index (κ1) is 15.8. The normalized spacial score (nSPS) is 21.9. The Morgan fingerprint density at radius 2 is 1.90 bits per heavy atom. The second-order valence-corrected chi connectivity index (χ2v) is 6.23. The Morgan fingerprint density at radius 1 is 1.29 bits per heavy atom. The largest absolute Gasteiger partial charge is 0.349 e. The molecule has 1 N–H and O–H groups in total. The molecular weight excluding hydrogens is 350 g/mol. The maximum absolute atomic E-state index is 13.9. The topological polar surface area (TPSA) is 72.2 Å². The number of halogens is 3. The van der Waals surface area contributed by atoms with Crippen LogP contribution in [0.3, 0.4) is 0 Å². The lowest BCUT2D eigenvalue weighted by Crippen LogP contribution is -2.38. The van der Waals surface area contributed by atoms with Crippen LogP contribution >= 0.6 is 15.9 Å². The lowest BCUT2D eigenvalue weighted by Gasteiger charge is -2.26. The molecule has 1 aliphatic rings. The SMILES string of the molecule is O=C(NC1CCC(Br)CC1)c1c(F)ccc([N+](=O)[O-])c1F. The van der Waals surface area contributed by atoms with Gasteiger partial charge in [-0.2, -0.15) is 4.39 Å². The first-order valence-electron chi connectivity index (χ1n) is 6.47. The van der Waals surface area contributed by atoms with E-state index in [0.717, 1.165) is 18.9 Å². The number of rotatable bonds is 3. The van der Waals surface area contributed by atoms with Crippen LogP contribution in [-0.4, -0.2) is 21.7 Å². The Hall–Kier alpha value is -1.57. The number of hydrogen-bond acceptors (Lipinski definition) is 3. The molecule has 0 heterocycles. The van der Waals surface area contributed by atoms with Crippen molar-refractivity contribution in [3.8, 4) is 0 Å². The van der Waals surface area contributed by atoms with Crippen LogP contribution in [0.4, 0.5) is 14.5 Å². The van der Waals surface area contributed by atoms with Gasteiger partial charge in [-0.1, -0.05) is 15.9 Å². The summed E-state index contributed by atoms with van der Waals surface area (Å²) in [7, 11) is 0. The first-order chi connectivity index (χ1) is 9.90. The van der Waals surface area contributed by atoms with E-state index < -0.39 is 33.7 Å². The maximum Gasteiger partial charge on any atom is 0.305 e. The van der Waals surface area contributed by atoms with Crippen molar-refractivity contribution in [2.75, 3.05) is 0 Å². The summed E-state index contributed by atoms with van der Waals surface area (Å²) in [4.78, 5) is 22.0. The summed E-state index contributed by atoms with van der Waals surface area (Å²) in [5.41, 5.74) is -1.81. The molecule has 1 aliphatic carbocycles. The van der Waals surface area contributed by atoms with E-state index in [-0.39, 0.29) is 6.04 Å². The highest BCUT2D eigenvalue weighted by Gasteiger charge is 2.28. The van der Waals surface area contributed by atoms with E-state index in [0.29, 0.717) is 23.7 Å². The molecule has 1 aromatic rings. The third-order valence-corrected chi connectivity index (χ3v) is 4.40. The third-order valence-electron chi connectivity index (χ3n) is 3.49. The summed E-state index contributed by atoms with van der Waals surface area (Å²) >= 11 is 3.47. The van der Waals surface area contributed by atoms with Crippen molar-refractivity contribution in [3.05, 3.63) is 39.4 Å². The molecule has 0 radical (unpaired) electrons. The number of nitrogens with one attached hydrogen (secondary N) is 1. The number of carbonyl (C=O) groups is 1. The van der Waals surface area contributed by atoms with Crippen LogP contribution in [-0.2, 0) is 0 Å². The monoisotopic (exact) mass is 362 g/mol. The zero-order valence-electron chi connectivity index (χ0n) is 10.9. The molecule has 8 heteroatoms. The first-order valence-corrected chi connectivity index (χ1v) is 7.39. The fourth-order valence-corrected chi connectivity index (χ4v) is 2.87. The van der Waals surface area contributed by atoms with Gasteiger partial charge in [-0.15, -0.1) is 0 Å². The molecule has 1 aromatic carbocycles. The highest BCUT2D eigenvalue weighted by Crippen LogP contribution is 2.26. The Kier molecular flexibility index (Phi) is 4.87. The Labute approximate surface area is 128 Å². The van der Waals surface area contributed by atoms with Crippen molar-refractivity contribution in [1.29, 1.82) is 0 Å². The molecule has 0 spiro atoms. The summed E-state index contributed by atoms with van der Waals surface area (Å²) in [6.45, 7) is 0. The molecule has 1 amide bonds. The lowest BCUT2D eigenvalue weighted by atomic mass is 9.95. The molecular formula is C13H13BrF2N2O3. The molecule has 5 nitrogen and oxygen atoms in total. The fraction of sp³-hybridized carbons (Fsp3) is 0.462. The van der Waals surface area contributed by atoms with Gasteiger partial charge in [-0.05, 0) is 31.7 Å². The fourth-order valence-electron chi connectivity index (χ4n) is 2.35. The van der Waals surface area contributed by atoms with Crippen molar-refractivity contribution < 1.29 is 18.5 Å². The molecule has 0 atom stereocenters. The average Bonchev–Trinajstić information content (AvgIpc) is 2.41. The summed E-state index contributed by atoms with van der Waals surface area (Å²) in [6, 6.07) is 1.26. The van der Waals surface area contributed by atoms with Gasteiger partial charge in [0.15, 0.2) is 0 Å². The van der Waals surface area contributed by atoms with Gasteiger partial charge in [0.2, 0.25) is 5.82 Å². The second-order valence-electron chi connectivity index (χ2n) is 4.93. The number of benzene rings is 1. The van der Waals surface area contributed by atoms with E-state index in [1.807, 2.05) is 0 Å². The molecule has 2 rings (SSSR count). The van der Waals surface area contributed by atoms with Crippen LogP contribution < -0.4 is 5.32 Å². The molecule has 0 aliphatic heterocycles. The van der Waals surface area contributed by atoms with Gasteiger partial charge in [0.25, 0.3) is 5.91 Å². The number of alkyl halides is 1. The van der Waals surface area contributed by atoms with Crippen LogP contribution in [0, 0.1) is 21.7 Å². The molecule has 0 unspecified atom stereocenters. The molecule has 0 aromatic heterocycles. The van der Waals surface area contributed by atoms with Gasteiger partial charge < -0.3 is 5.32 Å². The van der Waals surface area contributed by atoms with E-state index in [9.17, 15) is 23.7 Å². The standard InChI is InChI=1S/C13H13BrF2N2O3/c14-7-1-3-8(4-2-7)17-13(19)11-9(15)5-6-10(12(11)16)18(20)21/h5-8H,1-4H2,(H,17,19). The number of nitro groups is 1. The maximum atomic E-state index is 13.9. The molecule has 114 valence electrons. The van der Waals surface area contributed by atoms with Crippen molar-refractivity contribution >= 4 is 27.5 Å². The van der Waals surface area contributed by atoms with Gasteiger partial charge in [0.1, 0.15) is 11.4 Å². The number of nitro benzene ring substituents is 1. The Morgan fingerprint density at radius 3 is 2.48 bits per heavy atom. The van der Waals surface area contributed by atoms with E-state index in [4.69, 9.17) is 0 Å². The Bertz CT molecular complexity index is 575. The highest BCUT2D eigenvalue weighted by molar-refractivity contribution is 9.09. The summed E-state index contributed by atoms with van der Waals surface area (Å²) in [5.74, 6) is -3.50. The number of nitrogens with zero attached hydrogens (tertiary/aromatic N) is 1. The number of hydrogen-bond donors (Lipinski definition) is 1. The van der Waals surface area contributed by atoms with Crippen molar-refractivity contribution in [3.63, 3.8) is 0 Å². The smallest absolute Gasteiger partial charge is 0.305 e. The van der Waals surface area contributed by atoms with Gasteiger partial charge in [0, 0.05) is 16.9 Å². The second kappa shape index (κ2) is 6.46. The molecule has 1 saturated carbocycles. The molecule has 1 fully saturated rings. The van der Waals surface area contributed by atoms with Crippen LogP contribution in [0.25, 0.3) is 0 Å². The summed E-state index contributed by atoms with van der Waals surface area (Å²) in [6.07, 6.45) is 3.09. The summed E-state index contributed by atoms with van der Waals surface area (Å²) < 4.78 is 27.5. The number of amides is 1. The lowest BCUT2D eigenvalue weighted by molar-refractivity contribution is -0.387. The predicted molar refractivity (Wildman–Crippen MR) is 75.4 cm³/mol. The third kappa shape index (κ3) is 3.55. The van der Waals surface area contributed by atoms with E-state index in [1.165, 1.54) is 0 Å². The zero-order chi connectivity index (χ0) is 15.6. The Balaban J connectivity index is 2.19. The van der Waals surface area contributed by atoms with Crippen molar-refractivity contribution in [1.82, 2.24) is 5.32 Å². The van der Waals surface area contributed by atoms with E-state index >= 15 is 0 Å². The minimum Gasteiger partial charge on any atom is -0.349 e. The van der Waals surface area contributed by atoms with Crippen LogP contribution in [0.15, 0.2) is 12.1 Å². The minimum absolute atomic E-state index is 0.177. The predicted octanol–water partition coefficient (Wildman–Crippen LogP) is 3.31. The number of carbonyl (C=O) groups excluding carboxylic acids is 1. The van der Waals surface area contributed by atoms with Gasteiger partial charge >= 0.3 is 5.69 Å². The highest BCUT2D eigenvalue weighted by atomic mass is 79.9. The van der Waals surface area contributed by atoms with Gasteiger partial charge in [-0.25, -0.2) is 4.39 Å². The van der Waals surface area contributed by atoms with E-state index in [2.05, 4.69) is 21.2 Å². The minimum atomic E-state index is -1.44.